The average molecular weight is 196 g/mol. The van der Waals surface area contributed by atoms with Gasteiger partial charge in [0.25, 0.3) is 0 Å². The first kappa shape index (κ1) is 10.4. The van der Waals surface area contributed by atoms with Crippen LogP contribution in [0.2, 0.25) is 0 Å². The predicted molar refractivity (Wildman–Crippen MR) is 60.1 cm³/mol. The number of nitrogens with two attached hydrogens (primary N) is 1. The number of hydrogen-bond acceptors (Lipinski definition) is 2. The van der Waals surface area contributed by atoms with Crippen LogP contribution >= 0.6 is 0 Å². The molecule has 2 aliphatic rings. The van der Waals surface area contributed by atoms with Crippen LogP contribution in [0.3, 0.4) is 0 Å². The highest BCUT2D eigenvalue weighted by Gasteiger charge is 2.47. The van der Waals surface area contributed by atoms with E-state index in [4.69, 9.17) is 5.73 Å². The van der Waals surface area contributed by atoms with Crippen LogP contribution in [-0.4, -0.2) is 31.6 Å². The highest BCUT2D eigenvalue weighted by atomic mass is 15.1. The van der Waals surface area contributed by atoms with Gasteiger partial charge in [0.1, 0.15) is 0 Å². The minimum Gasteiger partial charge on any atom is -0.330 e. The first-order valence-electron chi connectivity index (χ1n) is 6.05. The topological polar surface area (TPSA) is 29.3 Å². The molecule has 2 N–H and O–H groups in total. The van der Waals surface area contributed by atoms with Gasteiger partial charge in [-0.15, -0.1) is 0 Å². The Hall–Kier alpha value is -0.0800. The smallest absolute Gasteiger partial charge is 0.00124 e. The molecule has 2 heteroatoms. The second kappa shape index (κ2) is 3.82. The van der Waals surface area contributed by atoms with Gasteiger partial charge in [-0.05, 0) is 63.1 Å². The SMILES string of the molecule is CC1CC(CN)(C2CCCN(C)C2)C1. The first-order valence-corrected chi connectivity index (χ1v) is 6.05. The zero-order valence-corrected chi connectivity index (χ0v) is 9.63. The van der Waals surface area contributed by atoms with E-state index in [1.807, 2.05) is 0 Å². The van der Waals surface area contributed by atoms with E-state index in [2.05, 4.69) is 18.9 Å². The van der Waals surface area contributed by atoms with Crippen molar-refractivity contribution in [2.75, 3.05) is 26.7 Å². The highest BCUT2D eigenvalue weighted by molar-refractivity contribution is 4.99. The summed E-state index contributed by atoms with van der Waals surface area (Å²) in [5.74, 6) is 1.80. The molecule has 1 aliphatic heterocycles. The van der Waals surface area contributed by atoms with Crippen LogP contribution in [0, 0.1) is 17.3 Å². The molecule has 2 fully saturated rings. The fraction of sp³-hybridized carbons (Fsp3) is 1.00. The third kappa shape index (κ3) is 1.70. The molecular weight excluding hydrogens is 172 g/mol. The summed E-state index contributed by atoms with van der Waals surface area (Å²) in [4.78, 5) is 2.48. The fourth-order valence-corrected chi connectivity index (χ4v) is 3.66. The molecule has 1 aliphatic carbocycles. The van der Waals surface area contributed by atoms with Crippen LogP contribution in [0.15, 0.2) is 0 Å². The molecule has 1 unspecified atom stereocenters. The Morgan fingerprint density at radius 1 is 1.43 bits per heavy atom. The Bertz CT molecular complexity index is 196. The molecule has 1 atom stereocenters. The Balaban J connectivity index is 1.98. The normalized spacial score (nSPS) is 44.8. The van der Waals surface area contributed by atoms with E-state index in [0.717, 1.165) is 18.4 Å². The van der Waals surface area contributed by atoms with Gasteiger partial charge in [0.05, 0.1) is 0 Å². The largest absolute Gasteiger partial charge is 0.330 e. The van der Waals surface area contributed by atoms with Crippen molar-refractivity contribution in [2.24, 2.45) is 23.0 Å². The summed E-state index contributed by atoms with van der Waals surface area (Å²) in [5, 5.41) is 0. The van der Waals surface area contributed by atoms with Crippen LogP contribution in [0.4, 0.5) is 0 Å². The van der Waals surface area contributed by atoms with Crippen molar-refractivity contribution >= 4 is 0 Å². The van der Waals surface area contributed by atoms with Crippen LogP contribution in [0.1, 0.15) is 32.6 Å². The lowest BCUT2D eigenvalue weighted by Gasteiger charge is -2.53. The predicted octanol–water partition coefficient (Wildman–Crippen LogP) is 1.70. The molecule has 14 heavy (non-hydrogen) atoms. The third-order valence-electron chi connectivity index (χ3n) is 4.41. The standard InChI is InChI=1S/C12H24N2/c1-10-6-12(7-10,9-13)11-4-3-5-14(2)8-11/h10-11H,3-9,13H2,1-2H3. The number of hydrogen-bond donors (Lipinski definition) is 1. The minimum atomic E-state index is 0.522. The maximum absolute atomic E-state index is 5.99. The van der Waals surface area contributed by atoms with Crippen LogP contribution < -0.4 is 5.73 Å². The molecule has 0 radical (unpaired) electrons. The summed E-state index contributed by atoms with van der Waals surface area (Å²) < 4.78 is 0. The molecule has 2 nitrogen and oxygen atoms in total. The molecule has 1 heterocycles. The second-order valence-electron chi connectivity index (χ2n) is 5.68. The molecule has 1 saturated heterocycles. The zero-order chi connectivity index (χ0) is 10.2. The maximum atomic E-state index is 5.99. The van der Waals surface area contributed by atoms with Gasteiger partial charge in [0.15, 0.2) is 0 Å². The molecule has 0 spiro atoms. The van der Waals surface area contributed by atoms with Gasteiger partial charge in [-0.3, -0.25) is 0 Å². The fourth-order valence-electron chi connectivity index (χ4n) is 3.66. The third-order valence-corrected chi connectivity index (χ3v) is 4.41. The van der Waals surface area contributed by atoms with Gasteiger partial charge in [-0.2, -0.15) is 0 Å². The van der Waals surface area contributed by atoms with Crippen LogP contribution in [-0.2, 0) is 0 Å². The van der Waals surface area contributed by atoms with Crippen molar-refractivity contribution in [1.29, 1.82) is 0 Å². The molecule has 0 aromatic rings. The molecule has 1 saturated carbocycles. The number of piperidine rings is 1. The van der Waals surface area contributed by atoms with Gasteiger partial charge < -0.3 is 10.6 Å². The summed E-state index contributed by atoms with van der Waals surface area (Å²) in [7, 11) is 2.25. The summed E-state index contributed by atoms with van der Waals surface area (Å²) >= 11 is 0. The highest BCUT2D eigenvalue weighted by Crippen LogP contribution is 2.52. The Morgan fingerprint density at radius 2 is 2.14 bits per heavy atom. The van der Waals surface area contributed by atoms with Gasteiger partial charge in [-0.1, -0.05) is 6.92 Å². The van der Waals surface area contributed by atoms with Crippen molar-refractivity contribution in [3.63, 3.8) is 0 Å². The van der Waals surface area contributed by atoms with Crippen molar-refractivity contribution in [1.82, 2.24) is 4.90 Å². The van der Waals surface area contributed by atoms with E-state index in [0.29, 0.717) is 5.41 Å². The van der Waals surface area contributed by atoms with Crippen LogP contribution in [0.5, 0.6) is 0 Å². The summed E-state index contributed by atoms with van der Waals surface area (Å²) in [5.41, 5.74) is 6.51. The van der Waals surface area contributed by atoms with E-state index < -0.39 is 0 Å². The molecule has 0 bridgehead atoms. The van der Waals surface area contributed by atoms with Crippen molar-refractivity contribution in [3.05, 3.63) is 0 Å². The zero-order valence-electron chi connectivity index (χ0n) is 9.63. The van der Waals surface area contributed by atoms with Gasteiger partial charge in [0, 0.05) is 6.54 Å². The molecule has 0 aromatic heterocycles. The minimum absolute atomic E-state index is 0.522. The number of rotatable bonds is 2. The van der Waals surface area contributed by atoms with E-state index in [1.165, 1.54) is 38.8 Å². The molecular formula is C12H24N2. The molecule has 0 aromatic carbocycles. The summed E-state index contributed by atoms with van der Waals surface area (Å²) in [6.07, 6.45) is 5.54. The molecule has 2 rings (SSSR count). The van der Waals surface area contributed by atoms with Crippen molar-refractivity contribution in [2.45, 2.75) is 32.6 Å². The van der Waals surface area contributed by atoms with Gasteiger partial charge in [-0.25, -0.2) is 0 Å². The van der Waals surface area contributed by atoms with Crippen molar-refractivity contribution in [3.8, 4) is 0 Å². The maximum Gasteiger partial charge on any atom is 0.00124 e. The van der Waals surface area contributed by atoms with E-state index in [1.54, 1.807) is 0 Å². The van der Waals surface area contributed by atoms with Gasteiger partial charge >= 0.3 is 0 Å². The van der Waals surface area contributed by atoms with Gasteiger partial charge in [0.2, 0.25) is 0 Å². The number of nitrogens with zero attached hydrogens (tertiary/aromatic N) is 1. The molecule has 0 amide bonds. The van der Waals surface area contributed by atoms with E-state index in [9.17, 15) is 0 Å². The summed E-state index contributed by atoms with van der Waals surface area (Å²) in [6, 6.07) is 0. The monoisotopic (exact) mass is 196 g/mol. The lowest BCUT2D eigenvalue weighted by molar-refractivity contribution is -0.0230. The average Bonchev–Trinajstić information content (AvgIpc) is 2.12. The summed E-state index contributed by atoms with van der Waals surface area (Å²) in [6.45, 7) is 5.84. The second-order valence-corrected chi connectivity index (χ2v) is 5.68. The Labute approximate surface area is 87.8 Å². The lowest BCUT2D eigenvalue weighted by Crippen LogP contribution is -2.52. The van der Waals surface area contributed by atoms with Crippen LogP contribution in [0.25, 0.3) is 0 Å². The van der Waals surface area contributed by atoms with E-state index in [-0.39, 0.29) is 0 Å². The lowest BCUT2D eigenvalue weighted by atomic mass is 9.55. The molecule has 82 valence electrons. The Kier molecular flexibility index (Phi) is 2.85. The Morgan fingerprint density at radius 3 is 2.64 bits per heavy atom. The first-order chi connectivity index (χ1) is 6.66. The quantitative estimate of drug-likeness (QED) is 0.728. The van der Waals surface area contributed by atoms with E-state index >= 15 is 0 Å². The van der Waals surface area contributed by atoms with Crippen molar-refractivity contribution < 1.29 is 0 Å². The number of likely N-dealkylation sites (tertiary alicyclic amines) is 1.